The van der Waals surface area contributed by atoms with Gasteiger partial charge in [0.05, 0.1) is 31.6 Å². The SMILES string of the molecule is CCCOc1cc(C2C(C(=O)c3ccco3)=C(O)C(=O)N2CCN(C)C)ccc1OC. The van der Waals surface area contributed by atoms with E-state index in [0.29, 0.717) is 36.8 Å². The van der Waals surface area contributed by atoms with Crippen molar-refractivity contribution in [3.05, 3.63) is 59.3 Å². The van der Waals surface area contributed by atoms with Crippen molar-refractivity contribution in [1.82, 2.24) is 9.80 Å². The van der Waals surface area contributed by atoms with Crippen molar-refractivity contribution in [2.24, 2.45) is 0 Å². The molecule has 1 atom stereocenters. The van der Waals surface area contributed by atoms with Crippen molar-refractivity contribution in [1.29, 1.82) is 0 Å². The van der Waals surface area contributed by atoms with Crippen LogP contribution in [-0.4, -0.2) is 67.5 Å². The predicted molar refractivity (Wildman–Crippen MR) is 114 cm³/mol. The number of furan rings is 1. The van der Waals surface area contributed by atoms with Crippen LogP contribution in [0.5, 0.6) is 11.5 Å². The highest BCUT2D eigenvalue weighted by molar-refractivity contribution is 6.15. The normalized spacial score (nSPS) is 16.4. The minimum Gasteiger partial charge on any atom is -0.503 e. The molecule has 1 N–H and O–H groups in total. The number of likely N-dealkylation sites (N-methyl/N-ethyl adjacent to an activating group) is 1. The summed E-state index contributed by atoms with van der Waals surface area (Å²) in [5, 5.41) is 10.7. The van der Waals surface area contributed by atoms with Crippen molar-refractivity contribution in [3.63, 3.8) is 0 Å². The molecule has 0 fully saturated rings. The molecule has 2 heterocycles. The lowest BCUT2D eigenvalue weighted by molar-refractivity contribution is -0.129. The molecular weight excluding hydrogens is 400 g/mol. The monoisotopic (exact) mass is 428 g/mol. The molecule has 0 radical (unpaired) electrons. The topological polar surface area (TPSA) is 92.5 Å². The number of ether oxygens (including phenoxy) is 2. The number of rotatable bonds is 10. The minimum absolute atomic E-state index is 0.00897. The summed E-state index contributed by atoms with van der Waals surface area (Å²) in [6.07, 6.45) is 2.19. The van der Waals surface area contributed by atoms with Gasteiger partial charge in [-0.1, -0.05) is 13.0 Å². The Morgan fingerprint density at radius 2 is 2.03 bits per heavy atom. The Bertz CT molecular complexity index is 964. The maximum Gasteiger partial charge on any atom is 0.290 e. The molecule has 8 heteroatoms. The van der Waals surface area contributed by atoms with Gasteiger partial charge in [-0.25, -0.2) is 0 Å². The number of benzene rings is 1. The number of amides is 1. The number of aliphatic hydroxyl groups is 1. The van der Waals surface area contributed by atoms with Gasteiger partial charge in [0.2, 0.25) is 5.78 Å². The van der Waals surface area contributed by atoms with Crippen molar-refractivity contribution in [2.75, 3.05) is 40.9 Å². The highest BCUT2D eigenvalue weighted by Gasteiger charge is 2.44. The lowest BCUT2D eigenvalue weighted by Gasteiger charge is -2.28. The molecule has 31 heavy (non-hydrogen) atoms. The molecule has 0 saturated heterocycles. The molecule has 1 amide bonds. The van der Waals surface area contributed by atoms with E-state index < -0.39 is 23.5 Å². The average molecular weight is 428 g/mol. The molecule has 2 aromatic rings. The van der Waals surface area contributed by atoms with Gasteiger partial charge in [-0.2, -0.15) is 0 Å². The molecule has 0 aliphatic carbocycles. The number of hydrogen-bond acceptors (Lipinski definition) is 7. The van der Waals surface area contributed by atoms with Crippen molar-refractivity contribution in [2.45, 2.75) is 19.4 Å². The van der Waals surface area contributed by atoms with Gasteiger partial charge in [0.25, 0.3) is 5.91 Å². The molecule has 1 aliphatic rings. The highest BCUT2D eigenvalue weighted by atomic mass is 16.5. The van der Waals surface area contributed by atoms with Crippen LogP contribution in [0.4, 0.5) is 0 Å². The number of ketones is 1. The van der Waals surface area contributed by atoms with Crippen LogP contribution in [0.15, 0.2) is 52.3 Å². The largest absolute Gasteiger partial charge is 0.503 e. The quantitative estimate of drug-likeness (QED) is 0.581. The van der Waals surface area contributed by atoms with Crippen molar-refractivity contribution >= 4 is 11.7 Å². The van der Waals surface area contributed by atoms with Gasteiger partial charge in [-0.15, -0.1) is 0 Å². The molecule has 3 rings (SSSR count). The first-order valence-corrected chi connectivity index (χ1v) is 10.2. The zero-order chi connectivity index (χ0) is 22.5. The van der Waals surface area contributed by atoms with E-state index in [2.05, 4.69) is 0 Å². The Balaban J connectivity index is 2.08. The third-order valence-electron chi connectivity index (χ3n) is 5.05. The zero-order valence-corrected chi connectivity index (χ0v) is 18.3. The summed E-state index contributed by atoms with van der Waals surface area (Å²) in [6.45, 7) is 3.38. The predicted octanol–water partition coefficient (Wildman–Crippen LogP) is 3.22. The fourth-order valence-corrected chi connectivity index (χ4v) is 3.50. The van der Waals surface area contributed by atoms with Crippen LogP contribution < -0.4 is 9.47 Å². The summed E-state index contributed by atoms with van der Waals surface area (Å²) in [7, 11) is 5.33. The minimum atomic E-state index is -0.778. The Morgan fingerprint density at radius 3 is 2.65 bits per heavy atom. The van der Waals surface area contributed by atoms with Gasteiger partial charge in [0.1, 0.15) is 0 Å². The molecule has 166 valence electrons. The number of nitrogens with zero attached hydrogens (tertiary/aromatic N) is 2. The van der Waals surface area contributed by atoms with Crippen LogP contribution in [0.3, 0.4) is 0 Å². The van der Waals surface area contributed by atoms with E-state index in [1.807, 2.05) is 25.9 Å². The Kier molecular flexibility index (Phi) is 7.02. The van der Waals surface area contributed by atoms with Crippen LogP contribution in [0, 0.1) is 0 Å². The molecule has 0 saturated carbocycles. The van der Waals surface area contributed by atoms with Gasteiger partial charge in [0, 0.05) is 13.1 Å². The van der Waals surface area contributed by atoms with Crippen LogP contribution in [0.25, 0.3) is 0 Å². The first-order valence-electron chi connectivity index (χ1n) is 10.2. The van der Waals surface area contributed by atoms with Crippen molar-refractivity contribution < 1.29 is 28.6 Å². The fraction of sp³-hybridized carbons (Fsp3) is 0.391. The number of methoxy groups -OCH3 is 1. The van der Waals surface area contributed by atoms with E-state index in [1.54, 1.807) is 31.4 Å². The van der Waals surface area contributed by atoms with E-state index >= 15 is 0 Å². The van der Waals surface area contributed by atoms with E-state index in [1.165, 1.54) is 17.2 Å². The van der Waals surface area contributed by atoms with Crippen LogP contribution in [0.1, 0.15) is 35.5 Å². The third-order valence-corrected chi connectivity index (χ3v) is 5.05. The zero-order valence-electron chi connectivity index (χ0n) is 18.3. The molecule has 1 unspecified atom stereocenters. The lowest BCUT2D eigenvalue weighted by atomic mass is 9.94. The van der Waals surface area contributed by atoms with Gasteiger partial charge in [0.15, 0.2) is 23.0 Å². The maximum atomic E-state index is 13.2. The summed E-state index contributed by atoms with van der Waals surface area (Å²) in [5.74, 6) is -0.554. The van der Waals surface area contributed by atoms with E-state index in [9.17, 15) is 14.7 Å². The molecule has 8 nitrogen and oxygen atoms in total. The summed E-state index contributed by atoms with van der Waals surface area (Å²) in [5.41, 5.74) is 0.628. The summed E-state index contributed by atoms with van der Waals surface area (Å²) in [6, 6.07) is 7.58. The lowest BCUT2D eigenvalue weighted by Crippen LogP contribution is -2.36. The van der Waals surface area contributed by atoms with Crippen LogP contribution in [0.2, 0.25) is 0 Å². The Morgan fingerprint density at radius 1 is 1.26 bits per heavy atom. The highest BCUT2D eigenvalue weighted by Crippen LogP contribution is 2.41. The summed E-state index contributed by atoms with van der Waals surface area (Å²) >= 11 is 0. The molecule has 0 spiro atoms. The smallest absolute Gasteiger partial charge is 0.290 e. The number of Topliss-reactive ketones (excluding diaryl/α,β-unsaturated/α-hetero) is 1. The second kappa shape index (κ2) is 9.70. The number of hydrogen-bond donors (Lipinski definition) is 1. The van der Waals surface area contributed by atoms with Crippen LogP contribution in [-0.2, 0) is 4.79 Å². The van der Waals surface area contributed by atoms with Gasteiger partial charge < -0.3 is 28.8 Å². The first kappa shape index (κ1) is 22.4. The van der Waals surface area contributed by atoms with E-state index in [4.69, 9.17) is 13.9 Å². The molecule has 1 aromatic carbocycles. The second-order valence-electron chi connectivity index (χ2n) is 7.53. The average Bonchev–Trinajstić information content (AvgIpc) is 3.38. The fourth-order valence-electron chi connectivity index (χ4n) is 3.50. The van der Waals surface area contributed by atoms with Gasteiger partial charge in [-0.05, 0) is 50.3 Å². The molecule has 0 bridgehead atoms. The molecule has 1 aliphatic heterocycles. The number of carbonyl (C=O) groups excluding carboxylic acids is 2. The Labute approximate surface area is 181 Å². The van der Waals surface area contributed by atoms with E-state index in [-0.39, 0.29) is 11.3 Å². The standard InChI is InChI=1S/C23H28N2O6/c1-5-12-30-18-14-15(8-9-16(18)29-4)20-19(21(26)17-7-6-13-31-17)22(27)23(28)25(20)11-10-24(2)3/h6-9,13-14,20,27H,5,10-12H2,1-4H3. The van der Waals surface area contributed by atoms with Gasteiger partial charge in [-0.3, -0.25) is 9.59 Å². The number of aliphatic hydroxyl groups excluding tert-OH is 1. The molecular formula is C23H28N2O6. The number of carbonyl (C=O) groups is 2. The second-order valence-corrected chi connectivity index (χ2v) is 7.53. The van der Waals surface area contributed by atoms with Crippen LogP contribution >= 0.6 is 0 Å². The summed E-state index contributed by atoms with van der Waals surface area (Å²) in [4.78, 5) is 29.5. The maximum absolute atomic E-state index is 13.2. The van der Waals surface area contributed by atoms with E-state index in [0.717, 1.165) is 6.42 Å². The van der Waals surface area contributed by atoms with Crippen molar-refractivity contribution in [3.8, 4) is 11.5 Å². The first-order chi connectivity index (χ1) is 14.9. The van der Waals surface area contributed by atoms with Gasteiger partial charge >= 0.3 is 0 Å². The summed E-state index contributed by atoms with van der Waals surface area (Å²) < 4.78 is 16.4. The Hall–Kier alpha value is -3.26. The molecule has 1 aromatic heterocycles. The third kappa shape index (κ3) is 4.59.